The average molecular weight is 359 g/mol. The summed E-state index contributed by atoms with van der Waals surface area (Å²) in [6.07, 6.45) is 3.75. The predicted octanol–water partition coefficient (Wildman–Crippen LogP) is 3.16. The van der Waals surface area contributed by atoms with E-state index in [1.165, 1.54) is 25.3 Å². The van der Waals surface area contributed by atoms with Gasteiger partial charge in [0.05, 0.1) is 3.57 Å². The minimum absolute atomic E-state index is 0.0965. The zero-order valence-electron chi connectivity index (χ0n) is 10.4. The first-order valence-corrected chi connectivity index (χ1v) is 7.42. The zero-order chi connectivity index (χ0) is 13.1. The molecule has 0 radical (unpaired) electrons. The van der Waals surface area contributed by atoms with Crippen molar-refractivity contribution in [3.8, 4) is 5.75 Å². The first-order chi connectivity index (χ1) is 8.58. The maximum Gasteiger partial charge on any atom is 0.251 e. The third-order valence-corrected chi connectivity index (χ3v) is 4.68. The van der Waals surface area contributed by atoms with Gasteiger partial charge in [0.2, 0.25) is 0 Å². The molecule has 4 heteroatoms. The molecule has 0 aromatic heterocycles. The van der Waals surface area contributed by atoms with Gasteiger partial charge in [0.25, 0.3) is 5.91 Å². The zero-order valence-corrected chi connectivity index (χ0v) is 12.6. The SMILES string of the molecule is CC1CCCC1CNC(=O)c1ccc(I)c(O)c1. The van der Waals surface area contributed by atoms with E-state index in [0.717, 1.165) is 10.1 Å². The number of amides is 1. The van der Waals surface area contributed by atoms with Crippen molar-refractivity contribution in [2.45, 2.75) is 26.2 Å². The van der Waals surface area contributed by atoms with Crippen molar-refractivity contribution >= 4 is 28.5 Å². The number of rotatable bonds is 3. The number of benzene rings is 1. The third kappa shape index (κ3) is 3.16. The average Bonchev–Trinajstić information content (AvgIpc) is 2.75. The highest BCUT2D eigenvalue weighted by molar-refractivity contribution is 14.1. The van der Waals surface area contributed by atoms with Crippen LogP contribution in [0, 0.1) is 15.4 Å². The van der Waals surface area contributed by atoms with Crippen LogP contribution < -0.4 is 5.32 Å². The Balaban J connectivity index is 1.93. The fourth-order valence-electron chi connectivity index (χ4n) is 2.51. The summed E-state index contributed by atoms with van der Waals surface area (Å²) in [6.45, 7) is 2.99. The van der Waals surface area contributed by atoms with Crippen LogP contribution in [-0.4, -0.2) is 17.6 Å². The number of hydrogen-bond donors (Lipinski definition) is 2. The second kappa shape index (κ2) is 5.91. The molecule has 3 nitrogen and oxygen atoms in total. The molecule has 0 spiro atoms. The van der Waals surface area contributed by atoms with Gasteiger partial charge >= 0.3 is 0 Å². The van der Waals surface area contributed by atoms with Gasteiger partial charge in [0.15, 0.2) is 0 Å². The number of nitrogens with one attached hydrogen (secondary N) is 1. The molecule has 1 saturated carbocycles. The highest BCUT2D eigenvalue weighted by atomic mass is 127. The summed E-state index contributed by atoms with van der Waals surface area (Å²) < 4.78 is 0.758. The smallest absolute Gasteiger partial charge is 0.251 e. The van der Waals surface area contributed by atoms with Crippen molar-refractivity contribution in [1.82, 2.24) is 5.32 Å². The van der Waals surface area contributed by atoms with E-state index in [1.807, 2.05) is 22.6 Å². The Hall–Kier alpha value is -0.780. The molecule has 0 heterocycles. The van der Waals surface area contributed by atoms with Gasteiger partial charge in [0, 0.05) is 12.1 Å². The highest BCUT2D eigenvalue weighted by Crippen LogP contribution is 2.30. The topological polar surface area (TPSA) is 49.3 Å². The highest BCUT2D eigenvalue weighted by Gasteiger charge is 2.23. The van der Waals surface area contributed by atoms with Crippen molar-refractivity contribution in [2.75, 3.05) is 6.54 Å². The molecule has 1 aromatic carbocycles. The van der Waals surface area contributed by atoms with Crippen molar-refractivity contribution in [1.29, 1.82) is 0 Å². The Kier molecular flexibility index (Phi) is 4.48. The lowest BCUT2D eigenvalue weighted by Gasteiger charge is -2.16. The summed E-state index contributed by atoms with van der Waals surface area (Å²) in [5.41, 5.74) is 0.526. The molecule has 1 aromatic rings. The Labute approximate surface area is 121 Å². The Morgan fingerprint density at radius 1 is 1.50 bits per heavy atom. The molecule has 0 saturated heterocycles. The Morgan fingerprint density at radius 2 is 2.28 bits per heavy atom. The number of carbonyl (C=O) groups is 1. The lowest BCUT2D eigenvalue weighted by Crippen LogP contribution is -2.30. The molecule has 0 aliphatic heterocycles. The molecule has 18 heavy (non-hydrogen) atoms. The van der Waals surface area contributed by atoms with Gasteiger partial charge in [-0.1, -0.05) is 19.8 Å². The van der Waals surface area contributed by atoms with Crippen molar-refractivity contribution in [3.63, 3.8) is 0 Å². The molecule has 2 unspecified atom stereocenters. The number of carbonyl (C=O) groups excluding carboxylic acids is 1. The first-order valence-electron chi connectivity index (χ1n) is 6.34. The van der Waals surface area contributed by atoms with Gasteiger partial charge in [-0.3, -0.25) is 4.79 Å². The van der Waals surface area contributed by atoms with Crippen LogP contribution >= 0.6 is 22.6 Å². The minimum atomic E-state index is -0.0965. The first kappa shape index (κ1) is 13.6. The van der Waals surface area contributed by atoms with E-state index >= 15 is 0 Å². The number of halogens is 1. The summed E-state index contributed by atoms with van der Waals surface area (Å²) >= 11 is 2.04. The van der Waals surface area contributed by atoms with Crippen LogP contribution in [0.15, 0.2) is 18.2 Å². The molecule has 2 N–H and O–H groups in total. The lowest BCUT2D eigenvalue weighted by molar-refractivity contribution is 0.0944. The molecule has 1 fully saturated rings. The normalized spacial score (nSPS) is 23.0. The number of aromatic hydroxyl groups is 1. The summed E-state index contributed by atoms with van der Waals surface area (Å²) in [5, 5.41) is 12.5. The summed E-state index contributed by atoms with van der Waals surface area (Å²) in [4.78, 5) is 11.9. The summed E-state index contributed by atoms with van der Waals surface area (Å²) in [7, 11) is 0. The van der Waals surface area contributed by atoms with Crippen molar-refractivity contribution in [2.24, 2.45) is 11.8 Å². The van der Waals surface area contributed by atoms with E-state index in [4.69, 9.17) is 0 Å². The second-order valence-electron chi connectivity index (χ2n) is 5.04. The third-order valence-electron chi connectivity index (χ3n) is 3.77. The monoisotopic (exact) mass is 359 g/mol. The Morgan fingerprint density at radius 3 is 2.89 bits per heavy atom. The molecule has 0 bridgehead atoms. The lowest BCUT2D eigenvalue weighted by atomic mass is 9.98. The molecular formula is C14H18INO2. The second-order valence-corrected chi connectivity index (χ2v) is 6.21. The molecule has 1 aliphatic rings. The van der Waals surface area contributed by atoms with E-state index in [0.29, 0.717) is 17.4 Å². The van der Waals surface area contributed by atoms with Gasteiger partial charge in [-0.25, -0.2) is 0 Å². The molecule has 2 rings (SSSR count). The van der Waals surface area contributed by atoms with Crippen LogP contribution in [-0.2, 0) is 0 Å². The molecular weight excluding hydrogens is 341 g/mol. The van der Waals surface area contributed by atoms with E-state index in [1.54, 1.807) is 12.1 Å². The molecule has 1 amide bonds. The maximum absolute atomic E-state index is 11.9. The Bertz CT molecular complexity index is 447. The van der Waals surface area contributed by atoms with Crippen molar-refractivity contribution < 1.29 is 9.90 Å². The van der Waals surface area contributed by atoms with Gasteiger partial charge in [-0.05, 0) is 59.0 Å². The van der Waals surface area contributed by atoms with E-state index < -0.39 is 0 Å². The molecule has 1 aliphatic carbocycles. The number of phenolic OH excluding ortho intramolecular Hbond substituents is 1. The van der Waals surface area contributed by atoms with Crippen LogP contribution in [0.2, 0.25) is 0 Å². The predicted molar refractivity (Wildman–Crippen MR) is 79.7 cm³/mol. The number of phenols is 1. The molecule has 98 valence electrons. The standard InChI is InChI=1S/C14H18INO2/c1-9-3-2-4-11(9)8-16-14(18)10-5-6-12(15)13(17)7-10/h5-7,9,11,17H,2-4,8H2,1H3,(H,16,18). The summed E-state index contributed by atoms with van der Waals surface area (Å²) in [5.74, 6) is 1.38. The van der Waals surface area contributed by atoms with E-state index in [-0.39, 0.29) is 11.7 Å². The van der Waals surface area contributed by atoms with Gasteiger partial charge in [-0.2, -0.15) is 0 Å². The van der Waals surface area contributed by atoms with E-state index in [2.05, 4.69) is 12.2 Å². The van der Waals surface area contributed by atoms with Crippen LogP contribution in [0.5, 0.6) is 5.75 Å². The van der Waals surface area contributed by atoms with Gasteiger partial charge in [0.1, 0.15) is 5.75 Å². The van der Waals surface area contributed by atoms with Crippen LogP contribution in [0.3, 0.4) is 0 Å². The van der Waals surface area contributed by atoms with Crippen LogP contribution in [0.1, 0.15) is 36.5 Å². The summed E-state index contributed by atoms with van der Waals surface area (Å²) in [6, 6.07) is 5.02. The van der Waals surface area contributed by atoms with Gasteiger partial charge in [-0.15, -0.1) is 0 Å². The largest absolute Gasteiger partial charge is 0.507 e. The molecule has 2 atom stereocenters. The number of hydrogen-bond acceptors (Lipinski definition) is 2. The minimum Gasteiger partial charge on any atom is -0.507 e. The van der Waals surface area contributed by atoms with Crippen molar-refractivity contribution in [3.05, 3.63) is 27.3 Å². The quantitative estimate of drug-likeness (QED) is 0.815. The fourth-order valence-corrected chi connectivity index (χ4v) is 2.84. The van der Waals surface area contributed by atoms with E-state index in [9.17, 15) is 9.90 Å². The van der Waals surface area contributed by atoms with Crippen LogP contribution in [0.4, 0.5) is 0 Å². The fraction of sp³-hybridized carbons (Fsp3) is 0.500. The van der Waals surface area contributed by atoms with Gasteiger partial charge < -0.3 is 10.4 Å². The maximum atomic E-state index is 11.9. The van der Waals surface area contributed by atoms with Crippen LogP contribution in [0.25, 0.3) is 0 Å².